The highest BCUT2D eigenvalue weighted by molar-refractivity contribution is 6.27. The van der Waals surface area contributed by atoms with Crippen molar-refractivity contribution < 1.29 is 33.9 Å². The predicted octanol–water partition coefficient (Wildman–Crippen LogP) is 2.53. The summed E-state index contributed by atoms with van der Waals surface area (Å²) in [5.41, 5.74) is 8.13. The van der Waals surface area contributed by atoms with E-state index in [0.29, 0.717) is 12.8 Å². The van der Waals surface area contributed by atoms with Crippen LogP contribution in [0.4, 0.5) is 0 Å². The number of benzene rings is 3. The molecule has 268 valence electrons. The lowest BCUT2D eigenvalue weighted by atomic mass is 9.97. The first-order valence-corrected chi connectivity index (χ1v) is 17.4. The molecular weight excluding hydrogens is 676 g/mol. The summed E-state index contributed by atoms with van der Waals surface area (Å²) >= 11 is 5.65. The number of carboxylic acid groups (broad SMARTS) is 1. The van der Waals surface area contributed by atoms with E-state index >= 15 is 0 Å². The summed E-state index contributed by atoms with van der Waals surface area (Å²) in [4.78, 5) is 82.4. The molecule has 0 saturated carbocycles. The molecule has 5 amide bonds. The van der Waals surface area contributed by atoms with E-state index in [4.69, 9.17) is 17.3 Å². The lowest BCUT2D eigenvalue weighted by molar-refractivity contribution is -0.146. The Hall–Kier alpha value is -5.43. The number of aromatic nitrogens is 1. The zero-order valence-electron chi connectivity index (χ0n) is 27.9. The molecule has 13 nitrogen and oxygen atoms in total. The number of halogens is 1. The van der Waals surface area contributed by atoms with Gasteiger partial charge in [-0.1, -0.05) is 60.7 Å². The lowest BCUT2D eigenvalue weighted by Gasteiger charge is -2.37. The van der Waals surface area contributed by atoms with Crippen LogP contribution in [0.3, 0.4) is 0 Å². The predicted molar refractivity (Wildman–Crippen MR) is 192 cm³/mol. The summed E-state index contributed by atoms with van der Waals surface area (Å²) in [7, 11) is 0. The number of nitrogens with zero attached hydrogens (tertiary/aromatic N) is 1. The maximum atomic E-state index is 14.0. The maximum absolute atomic E-state index is 14.0. The summed E-state index contributed by atoms with van der Waals surface area (Å²) in [5, 5.41) is 20.1. The largest absolute Gasteiger partial charge is 0.481 e. The van der Waals surface area contributed by atoms with E-state index in [1.807, 2.05) is 66.7 Å². The molecule has 1 aliphatic rings. The molecule has 14 heteroatoms. The smallest absolute Gasteiger partial charge is 0.303 e. The van der Waals surface area contributed by atoms with Crippen LogP contribution in [0.5, 0.6) is 0 Å². The van der Waals surface area contributed by atoms with Gasteiger partial charge in [0.25, 0.3) is 0 Å². The minimum atomic E-state index is -1.21. The van der Waals surface area contributed by atoms with E-state index in [9.17, 15) is 33.9 Å². The second kappa shape index (κ2) is 17.0. The van der Waals surface area contributed by atoms with Crippen LogP contribution in [0.25, 0.3) is 21.7 Å². The van der Waals surface area contributed by atoms with Crippen LogP contribution < -0.4 is 21.7 Å². The number of aliphatic carboxylic acids is 1. The van der Waals surface area contributed by atoms with Gasteiger partial charge in [0.2, 0.25) is 29.5 Å². The number of H-pyrrole nitrogens is 1. The van der Waals surface area contributed by atoms with Gasteiger partial charge < -0.3 is 36.7 Å². The average molecular weight is 717 g/mol. The van der Waals surface area contributed by atoms with E-state index in [2.05, 4.69) is 20.9 Å². The quantitative estimate of drug-likeness (QED) is 0.101. The molecule has 1 aromatic heterocycles. The molecule has 51 heavy (non-hydrogen) atoms. The van der Waals surface area contributed by atoms with Crippen molar-refractivity contribution in [2.75, 3.05) is 12.4 Å². The van der Waals surface area contributed by atoms with Crippen molar-refractivity contribution >= 4 is 68.8 Å². The van der Waals surface area contributed by atoms with Gasteiger partial charge in [0.1, 0.15) is 30.0 Å². The van der Waals surface area contributed by atoms with E-state index in [1.54, 1.807) is 6.20 Å². The zero-order valence-corrected chi connectivity index (χ0v) is 28.7. The van der Waals surface area contributed by atoms with Crippen molar-refractivity contribution in [3.8, 4) is 0 Å². The summed E-state index contributed by atoms with van der Waals surface area (Å²) in [6.45, 7) is 0.187. The summed E-state index contributed by atoms with van der Waals surface area (Å²) in [5.74, 6) is -4.84. The van der Waals surface area contributed by atoms with Gasteiger partial charge in [0.05, 0.1) is 0 Å². The molecule has 1 fully saturated rings. The van der Waals surface area contributed by atoms with Gasteiger partial charge in [-0.05, 0) is 53.6 Å². The maximum Gasteiger partial charge on any atom is 0.303 e. The molecule has 0 spiro atoms. The molecule has 1 aliphatic heterocycles. The Morgan fingerprint density at radius 1 is 0.882 bits per heavy atom. The van der Waals surface area contributed by atoms with E-state index in [0.717, 1.165) is 32.8 Å². The number of aromatic amines is 1. The number of nitrogens with two attached hydrogens (primary N) is 1. The Morgan fingerprint density at radius 3 is 2.37 bits per heavy atom. The first-order valence-electron chi connectivity index (χ1n) is 16.8. The molecule has 1 saturated heterocycles. The van der Waals surface area contributed by atoms with Crippen LogP contribution in [0.2, 0.25) is 0 Å². The molecule has 7 N–H and O–H groups in total. The number of carboxylic acids is 1. The highest BCUT2D eigenvalue weighted by Gasteiger charge is 2.38. The fourth-order valence-electron chi connectivity index (χ4n) is 6.52. The molecule has 0 bridgehead atoms. The highest BCUT2D eigenvalue weighted by atomic mass is 35.5. The Kier molecular flexibility index (Phi) is 12.3. The van der Waals surface area contributed by atoms with Crippen LogP contribution >= 0.6 is 11.6 Å². The summed E-state index contributed by atoms with van der Waals surface area (Å²) < 4.78 is 0. The van der Waals surface area contributed by atoms with Gasteiger partial charge in [0, 0.05) is 42.9 Å². The second-order valence-electron chi connectivity index (χ2n) is 12.7. The zero-order chi connectivity index (χ0) is 36.5. The number of primary amides is 1. The molecule has 4 atom stereocenters. The minimum absolute atomic E-state index is 0.0523. The molecule has 3 unspecified atom stereocenters. The lowest BCUT2D eigenvalue weighted by Crippen LogP contribution is -2.60. The van der Waals surface area contributed by atoms with Crippen LogP contribution in [0.1, 0.15) is 43.2 Å². The van der Waals surface area contributed by atoms with Crippen molar-refractivity contribution in [3.63, 3.8) is 0 Å². The number of carbonyl (C=O) groups excluding carboxylic acids is 5. The summed E-state index contributed by atoms with van der Waals surface area (Å²) in [6, 6.07) is 16.5. The van der Waals surface area contributed by atoms with Gasteiger partial charge in [0.15, 0.2) is 0 Å². The number of para-hydroxylation sites is 1. The number of hydrogen-bond donors (Lipinski definition) is 6. The van der Waals surface area contributed by atoms with Gasteiger partial charge in [-0.25, -0.2) is 0 Å². The SMILES string of the molecule is NC(=O)C(Cc1ccc2ccccc2c1)NC(=O)C(Cc1c[nH]c2ccccc12)NC(=O)[C@@H]1CCCCN1C(=O)C(CCC(=O)O)NC(=O)CCl. The first kappa shape index (κ1) is 36.8. The minimum Gasteiger partial charge on any atom is -0.481 e. The molecule has 3 aromatic carbocycles. The van der Waals surface area contributed by atoms with Crippen LogP contribution in [-0.2, 0) is 41.6 Å². The molecule has 2 heterocycles. The monoisotopic (exact) mass is 716 g/mol. The van der Waals surface area contributed by atoms with Crippen LogP contribution in [0.15, 0.2) is 72.9 Å². The van der Waals surface area contributed by atoms with Crippen molar-refractivity contribution in [2.45, 2.75) is 69.1 Å². The first-order chi connectivity index (χ1) is 24.5. The molecule has 0 radical (unpaired) electrons. The Labute approximate surface area is 299 Å². The van der Waals surface area contributed by atoms with E-state index in [1.165, 1.54) is 4.90 Å². The third-order valence-corrected chi connectivity index (χ3v) is 9.38. The third-order valence-electron chi connectivity index (χ3n) is 9.14. The van der Waals surface area contributed by atoms with Crippen molar-refractivity contribution in [1.29, 1.82) is 0 Å². The van der Waals surface area contributed by atoms with Gasteiger partial charge in [-0.3, -0.25) is 28.8 Å². The number of fused-ring (bicyclic) bond motifs is 2. The van der Waals surface area contributed by atoms with Crippen molar-refractivity contribution in [3.05, 3.63) is 84.1 Å². The molecule has 5 rings (SSSR count). The highest BCUT2D eigenvalue weighted by Crippen LogP contribution is 2.23. The topological polar surface area (TPSA) is 204 Å². The average Bonchev–Trinajstić information content (AvgIpc) is 3.54. The number of carbonyl (C=O) groups is 6. The van der Waals surface area contributed by atoms with Crippen molar-refractivity contribution in [2.24, 2.45) is 5.73 Å². The Morgan fingerprint density at radius 2 is 1.63 bits per heavy atom. The Balaban J connectivity index is 1.38. The van der Waals surface area contributed by atoms with E-state index in [-0.39, 0.29) is 32.2 Å². The molecule has 4 aromatic rings. The number of nitrogens with one attached hydrogen (secondary N) is 4. The number of piperidine rings is 1. The van der Waals surface area contributed by atoms with Gasteiger partial charge in [-0.15, -0.1) is 11.6 Å². The third kappa shape index (κ3) is 9.43. The molecule has 0 aliphatic carbocycles. The number of hydrogen-bond acceptors (Lipinski definition) is 6. The van der Waals surface area contributed by atoms with Crippen LogP contribution in [-0.4, -0.2) is 87.1 Å². The number of likely N-dealkylation sites (tertiary alicyclic amines) is 1. The van der Waals surface area contributed by atoms with Gasteiger partial charge >= 0.3 is 5.97 Å². The number of alkyl halides is 1. The van der Waals surface area contributed by atoms with Crippen LogP contribution in [0, 0.1) is 0 Å². The summed E-state index contributed by atoms with van der Waals surface area (Å²) in [6.07, 6.45) is 2.81. The molecular formula is C37H41ClN6O7. The van der Waals surface area contributed by atoms with E-state index < -0.39 is 72.0 Å². The fourth-order valence-corrected chi connectivity index (χ4v) is 6.60. The van der Waals surface area contributed by atoms with Gasteiger partial charge in [-0.2, -0.15) is 0 Å². The second-order valence-corrected chi connectivity index (χ2v) is 13.0. The Bertz CT molecular complexity index is 1930. The standard InChI is InChI=1S/C37H41ClN6O7/c38-20-32(45)41-28(14-15-33(46)47)37(51)44-16-6-5-11-31(44)36(50)43-30(19-25-21-40-27-10-4-3-9-26(25)27)35(49)42-29(34(39)48)18-22-12-13-23-7-1-2-8-24(23)17-22/h1-4,7-10,12-13,17,21,28-31,40H,5-6,11,14-16,18-20H2,(H2,39,48)(H,41,45)(H,42,49)(H,43,50)(H,46,47)/t28?,29?,30?,31-/m0/s1. The van der Waals surface area contributed by atoms with Crippen molar-refractivity contribution in [1.82, 2.24) is 25.8 Å². The number of amides is 5. The number of rotatable bonds is 15. The fraction of sp³-hybridized carbons (Fsp3) is 0.351. The normalized spacial score (nSPS) is 16.2.